The number of carbonyl (C=O) groups is 2. The molecule has 1 fully saturated rings. The molecule has 0 saturated carbocycles. The summed E-state index contributed by atoms with van der Waals surface area (Å²) in [6.45, 7) is 5.48. The summed E-state index contributed by atoms with van der Waals surface area (Å²) in [6, 6.07) is 2.73. The number of hydrogen-bond donors (Lipinski definition) is 1. The Morgan fingerprint density at radius 2 is 1.83 bits per heavy atom. The second-order valence-corrected chi connectivity index (χ2v) is 6.32. The molecule has 1 saturated heterocycles. The number of hydrogen-bond acceptors (Lipinski definition) is 4. The fourth-order valence-corrected chi connectivity index (χ4v) is 3.39. The van der Waals surface area contributed by atoms with Gasteiger partial charge in [-0.15, -0.1) is 0 Å². The van der Waals surface area contributed by atoms with Crippen LogP contribution in [0.3, 0.4) is 0 Å². The van der Waals surface area contributed by atoms with E-state index < -0.39 is 5.97 Å². The van der Waals surface area contributed by atoms with E-state index >= 15 is 0 Å². The van der Waals surface area contributed by atoms with Crippen LogP contribution in [0.15, 0.2) is 16.5 Å². The summed E-state index contributed by atoms with van der Waals surface area (Å²) in [5.41, 5.74) is 0. The van der Waals surface area contributed by atoms with Gasteiger partial charge in [-0.3, -0.25) is 4.79 Å². The van der Waals surface area contributed by atoms with Crippen molar-refractivity contribution in [3.8, 4) is 0 Å². The molecule has 1 aliphatic rings. The van der Waals surface area contributed by atoms with E-state index in [0.29, 0.717) is 23.6 Å². The third kappa shape index (κ3) is 2.69. The summed E-state index contributed by atoms with van der Waals surface area (Å²) in [5, 5.41) is 9.51. The minimum Gasteiger partial charge on any atom is -0.475 e. The smallest absolute Gasteiger partial charge is 0.371 e. The molecule has 2 unspecified atom stereocenters. The maximum Gasteiger partial charge on any atom is 0.371 e. The van der Waals surface area contributed by atoms with Crippen LogP contribution in [0.4, 0.5) is 0 Å². The van der Waals surface area contributed by atoms with Crippen molar-refractivity contribution in [2.75, 3.05) is 13.1 Å². The van der Waals surface area contributed by atoms with Crippen LogP contribution in [0.1, 0.15) is 35.0 Å². The van der Waals surface area contributed by atoms with Gasteiger partial charge in [0.1, 0.15) is 0 Å². The van der Waals surface area contributed by atoms with E-state index in [1.54, 1.807) is 4.90 Å². The first-order valence-electron chi connectivity index (χ1n) is 5.75. The average molecular weight is 269 g/mol. The topological polar surface area (TPSA) is 70.8 Å². The summed E-state index contributed by atoms with van der Waals surface area (Å²) in [6.07, 6.45) is 0. The summed E-state index contributed by atoms with van der Waals surface area (Å²) in [7, 11) is 0. The summed E-state index contributed by atoms with van der Waals surface area (Å²) in [4.78, 5) is 24.6. The van der Waals surface area contributed by atoms with Gasteiger partial charge in [-0.1, -0.05) is 13.8 Å². The largest absolute Gasteiger partial charge is 0.475 e. The van der Waals surface area contributed by atoms with Gasteiger partial charge in [-0.2, -0.15) is 11.8 Å². The third-order valence-corrected chi connectivity index (χ3v) is 3.96. The monoisotopic (exact) mass is 269 g/mol. The van der Waals surface area contributed by atoms with Crippen molar-refractivity contribution in [1.29, 1.82) is 0 Å². The van der Waals surface area contributed by atoms with Crippen LogP contribution in [0.5, 0.6) is 0 Å². The number of carboxylic acids is 1. The van der Waals surface area contributed by atoms with Crippen molar-refractivity contribution in [3.63, 3.8) is 0 Å². The van der Waals surface area contributed by atoms with Gasteiger partial charge in [-0.05, 0) is 12.1 Å². The lowest BCUT2D eigenvalue weighted by molar-refractivity contribution is 0.0649. The lowest BCUT2D eigenvalue weighted by Gasteiger charge is -2.34. The molecule has 1 aromatic heterocycles. The van der Waals surface area contributed by atoms with Crippen LogP contribution in [-0.2, 0) is 0 Å². The van der Waals surface area contributed by atoms with Crippen molar-refractivity contribution in [1.82, 2.24) is 4.90 Å². The van der Waals surface area contributed by atoms with Crippen molar-refractivity contribution >= 4 is 23.6 Å². The standard InChI is InChI=1S/C12H15NO4S/c1-7-5-13(6-8(2)18-7)11(14)9-3-4-10(17-9)12(15)16/h3-4,7-8H,5-6H2,1-2H3,(H,15,16). The lowest BCUT2D eigenvalue weighted by Crippen LogP contribution is -2.43. The van der Waals surface area contributed by atoms with E-state index in [4.69, 9.17) is 9.52 Å². The fourth-order valence-electron chi connectivity index (χ4n) is 2.07. The Hall–Kier alpha value is -1.43. The molecule has 1 aromatic rings. The normalized spacial score (nSPS) is 24.0. The highest BCUT2D eigenvalue weighted by Gasteiger charge is 2.28. The predicted molar refractivity (Wildman–Crippen MR) is 68.1 cm³/mol. The highest BCUT2D eigenvalue weighted by molar-refractivity contribution is 8.00. The first-order valence-corrected chi connectivity index (χ1v) is 6.69. The number of nitrogens with zero attached hydrogens (tertiary/aromatic N) is 1. The second kappa shape index (κ2) is 5.06. The van der Waals surface area contributed by atoms with Crippen LogP contribution in [-0.4, -0.2) is 45.5 Å². The van der Waals surface area contributed by atoms with Gasteiger partial charge in [-0.25, -0.2) is 4.79 Å². The fraction of sp³-hybridized carbons (Fsp3) is 0.500. The number of rotatable bonds is 2. The van der Waals surface area contributed by atoms with E-state index in [2.05, 4.69) is 13.8 Å². The lowest BCUT2D eigenvalue weighted by atomic mass is 10.3. The minimum absolute atomic E-state index is 0.0960. The summed E-state index contributed by atoms with van der Waals surface area (Å²) < 4.78 is 5.03. The highest BCUT2D eigenvalue weighted by atomic mass is 32.2. The molecule has 1 N–H and O–H groups in total. The number of carbonyl (C=O) groups excluding carboxylic acids is 1. The Balaban J connectivity index is 2.12. The first kappa shape index (κ1) is 13.0. The molecule has 0 spiro atoms. The Labute approximate surface area is 109 Å². The van der Waals surface area contributed by atoms with Gasteiger partial charge >= 0.3 is 5.97 Å². The molecule has 2 heterocycles. The number of aromatic carboxylic acids is 1. The van der Waals surface area contributed by atoms with E-state index in [1.165, 1.54) is 12.1 Å². The Morgan fingerprint density at radius 1 is 1.28 bits per heavy atom. The van der Waals surface area contributed by atoms with Gasteiger partial charge < -0.3 is 14.4 Å². The van der Waals surface area contributed by atoms with Gasteiger partial charge in [0.25, 0.3) is 5.91 Å². The Morgan fingerprint density at radius 3 is 2.33 bits per heavy atom. The molecule has 2 atom stereocenters. The van der Waals surface area contributed by atoms with Gasteiger partial charge in [0.15, 0.2) is 5.76 Å². The van der Waals surface area contributed by atoms with Crippen molar-refractivity contribution < 1.29 is 19.1 Å². The quantitative estimate of drug-likeness (QED) is 0.888. The van der Waals surface area contributed by atoms with E-state index in [1.807, 2.05) is 11.8 Å². The first-order chi connectivity index (χ1) is 8.47. The Bertz CT molecular complexity index is 460. The van der Waals surface area contributed by atoms with Gasteiger partial charge in [0, 0.05) is 23.6 Å². The molecule has 0 aromatic carbocycles. The Kier molecular flexibility index (Phi) is 3.65. The minimum atomic E-state index is -1.16. The third-order valence-electron chi connectivity index (χ3n) is 2.73. The summed E-state index contributed by atoms with van der Waals surface area (Å²) in [5.74, 6) is -1.50. The zero-order chi connectivity index (χ0) is 13.3. The molecular formula is C12H15NO4S. The molecular weight excluding hydrogens is 254 g/mol. The van der Waals surface area contributed by atoms with E-state index in [9.17, 15) is 9.59 Å². The molecule has 0 radical (unpaired) electrons. The van der Waals surface area contributed by atoms with Crippen LogP contribution in [0.25, 0.3) is 0 Å². The summed E-state index contributed by atoms with van der Waals surface area (Å²) >= 11 is 1.85. The van der Waals surface area contributed by atoms with Crippen LogP contribution in [0.2, 0.25) is 0 Å². The molecule has 6 heteroatoms. The second-order valence-electron chi connectivity index (χ2n) is 4.44. The molecule has 0 aliphatic carbocycles. The highest BCUT2D eigenvalue weighted by Crippen LogP contribution is 2.26. The van der Waals surface area contributed by atoms with E-state index in [0.717, 1.165) is 0 Å². The molecule has 2 rings (SSSR count). The average Bonchev–Trinajstić information content (AvgIpc) is 2.75. The maximum absolute atomic E-state index is 12.2. The van der Waals surface area contributed by atoms with Crippen molar-refractivity contribution in [2.45, 2.75) is 24.3 Å². The number of amides is 1. The van der Waals surface area contributed by atoms with Gasteiger partial charge in [0.05, 0.1) is 0 Å². The molecule has 5 nitrogen and oxygen atoms in total. The molecule has 1 aliphatic heterocycles. The molecule has 18 heavy (non-hydrogen) atoms. The van der Waals surface area contributed by atoms with Crippen molar-refractivity contribution in [2.24, 2.45) is 0 Å². The number of furan rings is 1. The number of carboxylic acid groups (broad SMARTS) is 1. The van der Waals surface area contributed by atoms with Crippen LogP contribution in [0, 0.1) is 0 Å². The number of thioether (sulfide) groups is 1. The maximum atomic E-state index is 12.2. The molecule has 1 amide bonds. The van der Waals surface area contributed by atoms with Crippen molar-refractivity contribution in [3.05, 3.63) is 23.7 Å². The van der Waals surface area contributed by atoms with Crippen LogP contribution >= 0.6 is 11.8 Å². The van der Waals surface area contributed by atoms with Crippen LogP contribution < -0.4 is 0 Å². The predicted octanol–water partition coefficient (Wildman–Crippen LogP) is 1.94. The SMILES string of the molecule is CC1CN(C(=O)c2ccc(C(=O)O)o2)CC(C)S1. The van der Waals surface area contributed by atoms with E-state index in [-0.39, 0.29) is 17.4 Å². The van der Waals surface area contributed by atoms with Gasteiger partial charge in [0.2, 0.25) is 5.76 Å². The zero-order valence-corrected chi connectivity index (χ0v) is 11.1. The zero-order valence-electron chi connectivity index (χ0n) is 10.3. The molecule has 98 valence electrons. The molecule has 0 bridgehead atoms.